The van der Waals surface area contributed by atoms with E-state index in [2.05, 4.69) is 20.1 Å². The molecule has 0 amide bonds. The van der Waals surface area contributed by atoms with E-state index < -0.39 is 11.7 Å². The molecule has 0 aromatic carbocycles. The Bertz CT molecular complexity index is 1150. The lowest BCUT2D eigenvalue weighted by atomic mass is 9.87. The lowest BCUT2D eigenvalue weighted by Gasteiger charge is -2.25. The van der Waals surface area contributed by atoms with Gasteiger partial charge in [0.2, 0.25) is 0 Å². The van der Waals surface area contributed by atoms with E-state index in [1.165, 1.54) is 0 Å². The number of nitrogens with zero attached hydrogens (tertiary/aromatic N) is 6. The molecule has 0 unspecified atom stereocenters. The summed E-state index contributed by atoms with van der Waals surface area (Å²) in [6, 6.07) is 1.84. The van der Waals surface area contributed by atoms with Crippen molar-refractivity contribution in [3.05, 3.63) is 52.8 Å². The average molecular weight is 470 g/mol. The Kier molecular flexibility index (Phi) is 7.46. The highest BCUT2D eigenvalue weighted by Gasteiger charge is 2.31. The van der Waals surface area contributed by atoms with Gasteiger partial charge in [0.15, 0.2) is 23.2 Å². The van der Waals surface area contributed by atoms with Crippen molar-refractivity contribution in [3.63, 3.8) is 0 Å². The van der Waals surface area contributed by atoms with Crippen LogP contribution in [0.1, 0.15) is 55.7 Å². The highest BCUT2D eigenvalue weighted by molar-refractivity contribution is 5.80. The molecule has 0 fully saturated rings. The molecule has 8 nitrogen and oxygen atoms in total. The van der Waals surface area contributed by atoms with Crippen LogP contribution in [0.4, 0.5) is 14.6 Å². The number of aromatic nitrogens is 4. The third kappa shape index (κ3) is 4.91. The van der Waals surface area contributed by atoms with Gasteiger partial charge in [-0.15, -0.1) is 0 Å². The van der Waals surface area contributed by atoms with Gasteiger partial charge in [-0.05, 0) is 55.5 Å². The maximum Gasteiger partial charge on any atom is 0.177 e. The normalized spacial score (nSPS) is 18.5. The Morgan fingerprint density at radius 2 is 2.21 bits per heavy atom. The summed E-state index contributed by atoms with van der Waals surface area (Å²) in [6.07, 6.45) is 10.9. The SMILES string of the molecule is CCN=CN(CN)c1ncc(/C=C/c2nc3n(n2)CCC[C@H]3C2=CCCC(F)=C2F)cc1OC. The van der Waals surface area contributed by atoms with E-state index in [0.717, 1.165) is 18.4 Å². The molecule has 180 valence electrons. The van der Waals surface area contributed by atoms with Crippen molar-refractivity contribution >= 4 is 24.3 Å². The number of methoxy groups -OCH3 is 1. The molecule has 2 aromatic rings. The summed E-state index contributed by atoms with van der Waals surface area (Å²) in [5.74, 6) is 0.600. The van der Waals surface area contributed by atoms with Crippen LogP contribution in [0.2, 0.25) is 0 Å². The zero-order chi connectivity index (χ0) is 24.1. The Morgan fingerprint density at radius 1 is 1.35 bits per heavy atom. The summed E-state index contributed by atoms with van der Waals surface area (Å²) in [5, 5.41) is 4.56. The zero-order valence-corrected chi connectivity index (χ0v) is 19.4. The van der Waals surface area contributed by atoms with Gasteiger partial charge in [-0.3, -0.25) is 4.99 Å². The second kappa shape index (κ2) is 10.7. The molecule has 1 aliphatic heterocycles. The predicted molar refractivity (Wildman–Crippen MR) is 129 cm³/mol. The quantitative estimate of drug-likeness (QED) is 0.351. The molecule has 1 aliphatic carbocycles. The molecule has 0 radical (unpaired) electrons. The Morgan fingerprint density at radius 3 is 2.97 bits per heavy atom. The van der Waals surface area contributed by atoms with E-state index in [9.17, 15) is 8.78 Å². The van der Waals surface area contributed by atoms with E-state index in [4.69, 9.17) is 10.5 Å². The van der Waals surface area contributed by atoms with Gasteiger partial charge in [-0.1, -0.05) is 6.08 Å². The highest BCUT2D eigenvalue weighted by atomic mass is 19.2. The first-order valence-corrected chi connectivity index (χ1v) is 11.4. The minimum absolute atomic E-state index is 0.119. The van der Waals surface area contributed by atoms with Crippen LogP contribution >= 0.6 is 0 Å². The van der Waals surface area contributed by atoms with Crippen LogP contribution < -0.4 is 15.4 Å². The number of ether oxygens (including phenoxy) is 1. The number of aliphatic imine (C=N–C) groups is 1. The van der Waals surface area contributed by atoms with Crippen molar-refractivity contribution in [2.75, 3.05) is 25.2 Å². The fourth-order valence-electron chi connectivity index (χ4n) is 4.19. The molecule has 2 aromatic heterocycles. The highest BCUT2D eigenvalue weighted by Crippen LogP contribution is 2.40. The summed E-state index contributed by atoms with van der Waals surface area (Å²) in [7, 11) is 1.57. The third-order valence-corrected chi connectivity index (χ3v) is 5.86. The van der Waals surface area contributed by atoms with Crippen LogP contribution in [0.3, 0.4) is 0 Å². The monoisotopic (exact) mass is 469 g/mol. The first kappa shape index (κ1) is 23.7. The number of rotatable bonds is 8. The molecule has 3 heterocycles. The second-order valence-corrected chi connectivity index (χ2v) is 8.06. The summed E-state index contributed by atoms with van der Waals surface area (Å²) in [4.78, 5) is 15.0. The Labute approximate surface area is 197 Å². The molecule has 34 heavy (non-hydrogen) atoms. The number of anilines is 1. The van der Waals surface area contributed by atoms with Crippen LogP contribution in [-0.4, -0.2) is 46.4 Å². The number of pyridine rings is 1. The van der Waals surface area contributed by atoms with Crippen molar-refractivity contribution in [3.8, 4) is 5.75 Å². The number of nitrogens with two attached hydrogens (primary N) is 1. The van der Waals surface area contributed by atoms with Gasteiger partial charge < -0.3 is 15.4 Å². The molecule has 2 aliphatic rings. The predicted octanol–water partition coefficient (Wildman–Crippen LogP) is 4.37. The largest absolute Gasteiger partial charge is 0.493 e. The van der Waals surface area contributed by atoms with Crippen LogP contribution in [0.25, 0.3) is 12.2 Å². The van der Waals surface area contributed by atoms with E-state index in [1.54, 1.807) is 41.4 Å². The number of fused-ring (bicyclic) bond motifs is 1. The first-order chi connectivity index (χ1) is 16.5. The van der Waals surface area contributed by atoms with Gasteiger partial charge in [0.25, 0.3) is 0 Å². The van der Waals surface area contributed by atoms with Gasteiger partial charge in [0, 0.05) is 31.6 Å². The number of hydrogen-bond acceptors (Lipinski definition) is 6. The summed E-state index contributed by atoms with van der Waals surface area (Å²) in [6.45, 7) is 3.48. The molecular formula is C24H29F2N7O. The number of hydrogen-bond donors (Lipinski definition) is 1. The zero-order valence-electron chi connectivity index (χ0n) is 19.4. The molecule has 4 rings (SSSR count). The van der Waals surface area contributed by atoms with E-state index >= 15 is 0 Å². The topological polar surface area (TPSA) is 94.5 Å². The lowest BCUT2D eigenvalue weighted by molar-refractivity contribution is 0.413. The number of halogens is 2. The van der Waals surface area contributed by atoms with Crippen LogP contribution in [0, 0.1) is 0 Å². The van der Waals surface area contributed by atoms with E-state index in [0.29, 0.717) is 48.3 Å². The van der Waals surface area contributed by atoms with Crippen molar-refractivity contribution in [1.29, 1.82) is 0 Å². The maximum atomic E-state index is 14.5. The summed E-state index contributed by atoms with van der Waals surface area (Å²) in [5.41, 5.74) is 7.01. The first-order valence-electron chi connectivity index (χ1n) is 11.4. The van der Waals surface area contributed by atoms with Crippen LogP contribution in [0.5, 0.6) is 5.75 Å². The van der Waals surface area contributed by atoms with Gasteiger partial charge >= 0.3 is 0 Å². The molecular weight excluding hydrogens is 440 g/mol. The molecule has 1 atom stereocenters. The fraction of sp³-hybridized carbons (Fsp3) is 0.417. The molecule has 0 spiro atoms. The number of allylic oxidation sites excluding steroid dienone is 4. The van der Waals surface area contributed by atoms with Gasteiger partial charge in [-0.25, -0.2) is 23.4 Å². The minimum atomic E-state index is -0.737. The Balaban J connectivity index is 1.57. The Hall–Kier alpha value is -3.40. The molecule has 0 bridgehead atoms. The van der Waals surface area contributed by atoms with Gasteiger partial charge in [0.05, 0.1) is 20.1 Å². The number of aryl methyl sites for hydroxylation is 1. The standard InChI is InChI=1S/C24H29F2N7O/c1-3-28-15-32(14-27)24-20(34-2)12-16(13-29-24)9-10-21-30-23-18(7-5-11-33(23)31-21)17-6-4-8-19(25)22(17)26/h6,9-10,12-13,15,18H,3-5,7-8,11,14,27H2,1-2H3/b10-9+,28-15?/t18-/m0/s1. The minimum Gasteiger partial charge on any atom is -0.493 e. The summed E-state index contributed by atoms with van der Waals surface area (Å²) < 4.78 is 35.6. The smallest absolute Gasteiger partial charge is 0.177 e. The summed E-state index contributed by atoms with van der Waals surface area (Å²) >= 11 is 0. The van der Waals surface area contributed by atoms with Crippen molar-refractivity contribution in [1.82, 2.24) is 19.7 Å². The second-order valence-electron chi connectivity index (χ2n) is 8.06. The van der Waals surface area contributed by atoms with Crippen LogP contribution in [0.15, 0.2) is 40.6 Å². The van der Waals surface area contributed by atoms with Crippen molar-refractivity contribution in [2.24, 2.45) is 10.7 Å². The van der Waals surface area contributed by atoms with Crippen molar-refractivity contribution in [2.45, 2.75) is 45.1 Å². The van der Waals surface area contributed by atoms with E-state index in [1.807, 2.05) is 19.1 Å². The maximum absolute atomic E-state index is 14.5. The molecule has 0 saturated heterocycles. The average Bonchev–Trinajstić information content (AvgIpc) is 3.28. The fourth-order valence-corrected chi connectivity index (χ4v) is 4.19. The van der Waals surface area contributed by atoms with E-state index in [-0.39, 0.29) is 19.0 Å². The van der Waals surface area contributed by atoms with Gasteiger partial charge in [-0.2, -0.15) is 5.10 Å². The molecule has 0 saturated carbocycles. The molecule has 10 heteroatoms. The van der Waals surface area contributed by atoms with Crippen LogP contribution in [-0.2, 0) is 6.54 Å². The third-order valence-electron chi connectivity index (χ3n) is 5.86. The van der Waals surface area contributed by atoms with Crippen molar-refractivity contribution < 1.29 is 13.5 Å². The molecule has 2 N–H and O–H groups in total. The lowest BCUT2D eigenvalue weighted by Crippen LogP contribution is -2.29. The van der Waals surface area contributed by atoms with Gasteiger partial charge in [0.1, 0.15) is 11.7 Å².